The number of hydrogen-bond acceptors (Lipinski definition) is 4. The lowest BCUT2D eigenvalue weighted by molar-refractivity contribution is 0.195. The smallest absolute Gasteiger partial charge is 0.334 e. The molecule has 0 radical (unpaired) electrons. The van der Waals surface area contributed by atoms with Gasteiger partial charge in [-0.1, -0.05) is 18.9 Å². The maximum atomic E-state index is 12.5. The molecule has 4 rings (SSSR count). The molecule has 25 heavy (non-hydrogen) atoms. The Morgan fingerprint density at radius 2 is 1.84 bits per heavy atom. The van der Waals surface area contributed by atoms with Gasteiger partial charge in [0.25, 0.3) is 5.56 Å². The number of hydrogen-bond donors (Lipinski definition) is 2. The first-order chi connectivity index (χ1) is 12.0. The van der Waals surface area contributed by atoms with E-state index < -0.39 is 5.69 Å². The van der Waals surface area contributed by atoms with E-state index in [9.17, 15) is 9.59 Å². The lowest BCUT2D eigenvalue weighted by Gasteiger charge is -2.34. The summed E-state index contributed by atoms with van der Waals surface area (Å²) in [6, 6.07) is 6.44. The Kier molecular flexibility index (Phi) is 4.00. The van der Waals surface area contributed by atoms with Gasteiger partial charge in [-0.2, -0.15) is 0 Å². The van der Waals surface area contributed by atoms with Gasteiger partial charge in [0.15, 0.2) is 0 Å². The predicted molar refractivity (Wildman–Crippen MR) is 98.4 cm³/mol. The number of nitrogens with one attached hydrogen (secondary N) is 2. The van der Waals surface area contributed by atoms with E-state index in [4.69, 9.17) is 0 Å². The van der Waals surface area contributed by atoms with Crippen molar-refractivity contribution in [3.8, 4) is 5.69 Å². The minimum Gasteiger partial charge on any atom is -0.358 e. The average molecular weight is 340 g/mol. The molecule has 0 bridgehead atoms. The summed E-state index contributed by atoms with van der Waals surface area (Å²) in [5.74, 6) is 0.631. The van der Waals surface area contributed by atoms with Crippen LogP contribution in [0, 0.1) is 13.8 Å². The SMILES string of the molecule is Cc1ccc(-n2c3c(c(=O)[nH]c2=O)CN(C2CCCC2)CN3)cc1C. The number of aromatic amines is 1. The molecule has 1 aliphatic heterocycles. The monoisotopic (exact) mass is 340 g/mol. The van der Waals surface area contributed by atoms with Gasteiger partial charge < -0.3 is 5.32 Å². The molecule has 2 N–H and O–H groups in total. The van der Waals surface area contributed by atoms with E-state index >= 15 is 0 Å². The van der Waals surface area contributed by atoms with E-state index in [-0.39, 0.29) is 5.56 Å². The van der Waals surface area contributed by atoms with Gasteiger partial charge in [0, 0.05) is 12.6 Å². The lowest BCUT2D eigenvalue weighted by atomic mass is 10.1. The zero-order chi connectivity index (χ0) is 17.6. The van der Waals surface area contributed by atoms with Crippen LogP contribution in [0.2, 0.25) is 0 Å². The van der Waals surface area contributed by atoms with Gasteiger partial charge in [-0.15, -0.1) is 0 Å². The molecule has 1 aromatic carbocycles. The van der Waals surface area contributed by atoms with Crippen molar-refractivity contribution in [3.05, 3.63) is 55.7 Å². The molecular weight excluding hydrogens is 316 g/mol. The van der Waals surface area contributed by atoms with Crippen LogP contribution in [0.3, 0.4) is 0 Å². The number of aromatic nitrogens is 2. The van der Waals surface area contributed by atoms with Gasteiger partial charge in [-0.3, -0.25) is 14.7 Å². The fraction of sp³-hybridized carbons (Fsp3) is 0.474. The second kappa shape index (κ2) is 6.19. The normalized spacial score (nSPS) is 18.2. The molecule has 1 aliphatic carbocycles. The van der Waals surface area contributed by atoms with Gasteiger partial charge in [0.1, 0.15) is 5.82 Å². The highest BCUT2D eigenvalue weighted by Crippen LogP contribution is 2.28. The summed E-state index contributed by atoms with van der Waals surface area (Å²) in [5, 5.41) is 3.34. The summed E-state index contributed by atoms with van der Waals surface area (Å²) < 4.78 is 1.59. The fourth-order valence-corrected chi connectivity index (χ4v) is 3.98. The van der Waals surface area contributed by atoms with E-state index in [1.807, 2.05) is 32.0 Å². The zero-order valence-corrected chi connectivity index (χ0v) is 14.8. The third kappa shape index (κ3) is 2.80. The van der Waals surface area contributed by atoms with Crippen molar-refractivity contribution in [2.75, 3.05) is 12.0 Å². The number of aryl methyl sites for hydroxylation is 2. The van der Waals surface area contributed by atoms with Crippen molar-refractivity contribution in [2.24, 2.45) is 0 Å². The van der Waals surface area contributed by atoms with Crippen molar-refractivity contribution >= 4 is 5.82 Å². The van der Waals surface area contributed by atoms with Crippen LogP contribution in [0.15, 0.2) is 27.8 Å². The second-order valence-electron chi connectivity index (χ2n) is 7.21. The van der Waals surface area contributed by atoms with Crippen LogP contribution in [0.25, 0.3) is 5.69 Å². The van der Waals surface area contributed by atoms with Gasteiger partial charge in [-0.05, 0) is 49.9 Å². The molecular formula is C19H24N4O2. The van der Waals surface area contributed by atoms with Gasteiger partial charge in [-0.25, -0.2) is 9.36 Å². The first kappa shape index (κ1) is 16.1. The second-order valence-corrected chi connectivity index (χ2v) is 7.21. The summed E-state index contributed by atoms with van der Waals surface area (Å²) >= 11 is 0. The number of fused-ring (bicyclic) bond motifs is 1. The molecule has 0 amide bonds. The van der Waals surface area contributed by atoms with Crippen LogP contribution in [0.4, 0.5) is 5.82 Å². The maximum absolute atomic E-state index is 12.5. The molecule has 0 saturated heterocycles. The topological polar surface area (TPSA) is 70.1 Å². The third-order valence-electron chi connectivity index (χ3n) is 5.61. The van der Waals surface area contributed by atoms with Crippen molar-refractivity contribution in [3.63, 3.8) is 0 Å². The maximum Gasteiger partial charge on any atom is 0.334 e. The Balaban J connectivity index is 1.80. The summed E-state index contributed by atoms with van der Waals surface area (Å²) in [7, 11) is 0. The quantitative estimate of drug-likeness (QED) is 0.880. The number of benzene rings is 1. The van der Waals surface area contributed by atoms with E-state index in [2.05, 4.69) is 15.2 Å². The number of H-pyrrole nitrogens is 1. The standard InChI is InChI=1S/C19H24N4O2/c1-12-7-8-15(9-13(12)2)23-17-16(18(24)21-19(23)25)10-22(11-20-17)14-5-3-4-6-14/h7-9,14,20H,3-6,10-11H2,1-2H3,(H,21,24,25). The molecule has 132 valence electrons. The van der Waals surface area contributed by atoms with Crippen LogP contribution in [-0.2, 0) is 6.54 Å². The summed E-state index contributed by atoms with van der Waals surface area (Å²) in [6.45, 7) is 5.33. The molecule has 6 nitrogen and oxygen atoms in total. The Bertz CT molecular complexity index is 922. The highest BCUT2D eigenvalue weighted by Gasteiger charge is 2.29. The van der Waals surface area contributed by atoms with E-state index in [1.54, 1.807) is 4.57 Å². The van der Waals surface area contributed by atoms with Crippen molar-refractivity contribution in [1.82, 2.24) is 14.5 Å². The van der Waals surface area contributed by atoms with Crippen LogP contribution in [0.5, 0.6) is 0 Å². The summed E-state index contributed by atoms with van der Waals surface area (Å²) in [5.41, 5.74) is 3.05. The van der Waals surface area contributed by atoms with E-state index in [0.717, 1.165) is 11.3 Å². The molecule has 0 atom stereocenters. The molecule has 6 heteroatoms. The highest BCUT2D eigenvalue weighted by molar-refractivity contribution is 5.53. The minimum absolute atomic E-state index is 0.282. The number of nitrogens with zero attached hydrogens (tertiary/aromatic N) is 2. The Morgan fingerprint density at radius 3 is 2.56 bits per heavy atom. The van der Waals surface area contributed by atoms with Crippen LogP contribution >= 0.6 is 0 Å². The highest BCUT2D eigenvalue weighted by atomic mass is 16.2. The predicted octanol–water partition coefficient (Wildman–Crippen LogP) is 2.27. The molecule has 1 aromatic heterocycles. The Labute approximate surface area is 146 Å². The first-order valence-corrected chi connectivity index (χ1v) is 8.98. The Hall–Kier alpha value is -2.34. The number of rotatable bonds is 2. The van der Waals surface area contributed by atoms with Crippen molar-refractivity contribution in [2.45, 2.75) is 52.1 Å². The molecule has 1 fully saturated rings. The van der Waals surface area contributed by atoms with E-state index in [0.29, 0.717) is 30.6 Å². The molecule has 0 spiro atoms. The van der Waals surface area contributed by atoms with Crippen LogP contribution in [0.1, 0.15) is 42.4 Å². The lowest BCUT2D eigenvalue weighted by Crippen LogP contribution is -2.46. The van der Waals surface area contributed by atoms with Crippen LogP contribution in [-0.4, -0.2) is 27.2 Å². The van der Waals surface area contributed by atoms with Gasteiger partial charge in [0.05, 0.1) is 17.9 Å². The van der Waals surface area contributed by atoms with Gasteiger partial charge >= 0.3 is 5.69 Å². The fourth-order valence-electron chi connectivity index (χ4n) is 3.98. The molecule has 2 heterocycles. The molecule has 1 saturated carbocycles. The van der Waals surface area contributed by atoms with Gasteiger partial charge in [0.2, 0.25) is 0 Å². The summed E-state index contributed by atoms with van der Waals surface area (Å²) in [6.07, 6.45) is 4.89. The minimum atomic E-state index is -0.395. The molecule has 2 aromatic rings. The number of anilines is 1. The average Bonchev–Trinajstić information content (AvgIpc) is 3.12. The Morgan fingerprint density at radius 1 is 1.08 bits per heavy atom. The van der Waals surface area contributed by atoms with E-state index in [1.165, 1.54) is 31.2 Å². The molecule has 0 unspecified atom stereocenters. The molecule has 2 aliphatic rings. The first-order valence-electron chi connectivity index (χ1n) is 8.98. The summed E-state index contributed by atoms with van der Waals surface area (Å²) in [4.78, 5) is 29.7. The van der Waals surface area contributed by atoms with Crippen LogP contribution < -0.4 is 16.6 Å². The van der Waals surface area contributed by atoms with Crippen molar-refractivity contribution < 1.29 is 0 Å². The zero-order valence-electron chi connectivity index (χ0n) is 14.8. The largest absolute Gasteiger partial charge is 0.358 e. The van der Waals surface area contributed by atoms with Crippen molar-refractivity contribution in [1.29, 1.82) is 0 Å². The third-order valence-corrected chi connectivity index (χ3v) is 5.61.